The molecule has 1 heterocycles. The lowest BCUT2D eigenvalue weighted by atomic mass is 10.1. The largest absolute Gasteiger partial charge is 0.481 e. The van der Waals surface area contributed by atoms with Crippen molar-refractivity contribution in [1.29, 1.82) is 0 Å². The minimum Gasteiger partial charge on any atom is -0.481 e. The second-order valence-electron chi connectivity index (χ2n) is 2.96. The fraction of sp³-hybridized carbons (Fsp3) is 0.333. The number of carbonyl (C=O) groups is 1. The Morgan fingerprint density at radius 1 is 1.62 bits per heavy atom. The fourth-order valence-corrected chi connectivity index (χ4v) is 2.23. The normalized spacial score (nSPS) is 10.8. The first-order valence-corrected chi connectivity index (χ1v) is 5.69. The number of aromatic nitrogens is 1. The molecule has 1 aromatic heterocycles. The highest BCUT2D eigenvalue weighted by molar-refractivity contribution is 9.08. The molecule has 0 amide bonds. The Hall–Kier alpha value is -0.750. The average Bonchev–Trinajstić information content (AvgIpc) is 2.19. The van der Waals surface area contributed by atoms with E-state index in [-0.39, 0.29) is 33.6 Å². The third-order valence-electron chi connectivity index (χ3n) is 1.91. The minimum absolute atomic E-state index is 0.0166. The van der Waals surface area contributed by atoms with Crippen molar-refractivity contribution in [2.24, 2.45) is 0 Å². The average molecular weight is 315 g/mol. The summed E-state index contributed by atoms with van der Waals surface area (Å²) < 4.78 is 25.1. The summed E-state index contributed by atoms with van der Waals surface area (Å²) in [7, 11) is 0. The van der Waals surface area contributed by atoms with Gasteiger partial charge in [0.05, 0.1) is 17.1 Å². The first kappa shape index (κ1) is 13.3. The predicted molar refractivity (Wildman–Crippen MR) is 58.2 cm³/mol. The molecule has 1 N–H and O–H groups in total. The SMILES string of the molecule is O=C(O)Cc1ncc(C(F)F)c(CBr)c1Cl. The van der Waals surface area contributed by atoms with Crippen LogP contribution in [0.3, 0.4) is 0 Å². The summed E-state index contributed by atoms with van der Waals surface area (Å²) in [5.41, 5.74) is -0.00746. The van der Waals surface area contributed by atoms with Gasteiger partial charge in [0.15, 0.2) is 0 Å². The van der Waals surface area contributed by atoms with Gasteiger partial charge in [-0.3, -0.25) is 9.78 Å². The van der Waals surface area contributed by atoms with Crippen molar-refractivity contribution < 1.29 is 18.7 Å². The van der Waals surface area contributed by atoms with Crippen molar-refractivity contribution in [3.63, 3.8) is 0 Å². The standard InChI is InChI=1S/C9H7BrClF2NO2/c10-2-4-5(9(12)13)3-14-6(8(4)11)1-7(15)16/h3,9H,1-2H2,(H,15,16). The Labute approximate surface area is 104 Å². The van der Waals surface area contributed by atoms with Crippen LogP contribution in [-0.4, -0.2) is 16.1 Å². The van der Waals surface area contributed by atoms with Crippen LogP contribution in [0.25, 0.3) is 0 Å². The van der Waals surface area contributed by atoms with Crippen molar-refractivity contribution in [3.05, 3.63) is 28.0 Å². The monoisotopic (exact) mass is 313 g/mol. The van der Waals surface area contributed by atoms with Gasteiger partial charge < -0.3 is 5.11 Å². The summed E-state index contributed by atoms with van der Waals surface area (Å²) >= 11 is 8.85. The molecule has 1 aromatic rings. The van der Waals surface area contributed by atoms with Gasteiger partial charge in [0.2, 0.25) is 0 Å². The molecule has 0 saturated heterocycles. The summed E-state index contributed by atoms with van der Waals surface area (Å²) in [5.74, 6) is -1.11. The van der Waals surface area contributed by atoms with E-state index in [1.54, 1.807) is 0 Å². The first-order valence-electron chi connectivity index (χ1n) is 4.19. The van der Waals surface area contributed by atoms with Crippen molar-refractivity contribution in [2.75, 3.05) is 0 Å². The Balaban J connectivity index is 3.23. The molecule has 0 bridgehead atoms. The summed E-state index contributed by atoms with van der Waals surface area (Å²) in [5, 5.41) is 8.68. The van der Waals surface area contributed by atoms with Crippen LogP contribution in [-0.2, 0) is 16.5 Å². The molecule has 0 aliphatic carbocycles. The molecule has 0 aliphatic rings. The van der Waals surface area contributed by atoms with Crippen LogP contribution in [0, 0.1) is 0 Å². The highest BCUT2D eigenvalue weighted by Crippen LogP contribution is 2.31. The molecule has 0 aromatic carbocycles. The zero-order chi connectivity index (χ0) is 12.3. The lowest BCUT2D eigenvalue weighted by Crippen LogP contribution is -2.06. The van der Waals surface area contributed by atoms with Crippen LogP contribution in [0.5, 0.6) is 0 Å². The number of aliphatic carboxylic acids is 1. The molecular formula is C9H7BrClF2NO2. The van der Waals surface area contributed by atoms with Gasteiger partial charge in [0.25, 0.3) is 6.43 Å². The van der Waals surface area contributed by atoms with Crippen molar-refractivity contribution in [2.45, 2.75) is 18.2 Å². The quantitative estimate of drug-likeness (QED) is 0.868. The molecule has 0 atom stereocenters. The fourth-order valence-electron chi connectivity index (χ4n) is 1.17. The maximum Gasteiger partial charge on any atom is 0.309 e. The minimum atomic E-state index is -2.68. The number of alkyl halides is 3. The topological polar surface area (TPSA) is 50.2 Å². The summed E-state index contributed by atoms with van der Waals surface area (Å²) in [6.07, 6.45) is -2.11. The second kappa shape index (κ2) is 5.54. The van der Waals surface area contributed by atoms with Crippen LogP contribution in [0.2, 0.25) is 5.02 Å². The molecule has 0 aliphatic heterocycles. The molecule has 3 nitrogen and oxygen atoms in total. The Kier molecular flexibility index (Phi) is 4.61. The van der Waals surface area contributed by atoms with Crippen molar-refractivity contribution in [3.8, 4) is 0 Å². The van der Waals surface area contributed by atoms with E-state index < -0.39 is 12.4 Å². The highest BCUT2D eigenvalue weighted by atomic mass is 79.9. The maximum atomic E-state index is 12.6. The van der Waals surface area contributed by atoms with Crippen LogP contribution in [0.4, 0.5) is 8.78 Å². The Morgan fingerprint density at radius 3 is 2.69 bits per heavy atom. The van der Waals surface area contributed by atoms with Gasteiger partial charge in [-0.15, -0.1) is 0 Å². The van der Waals surface area contributed by atoms with E-state index in [2.05, 4.69) is 20.9 Å². The van der Waals surface area contributed by atoms with E-state index in [1.165, 1.54) is 0 Å². The highest BCUT2D eigenvalue weighted by Gasteiger charge is 2.19. The van der Waals surface area contributed by atoms with Gasteiger partial charge in [0, 0.05) is 17.1 Å². The molecular weight excluding hydrogens is 307 g/mol. The molecule has 0 spiro atoms. The number of pyridine rings is 1. The Bertz CT molecular complexity index is 415. The van der Waals surface area contributed by atoms with E-state index in [1.807, 2.05) is 0 Å². The van der Waals surface area contributed by atoms with Gasteiger partial charge in [-0.2, -0.15) is 0 Å². The second-order valence-corrected chi connectivity index (χ2v) is 3.90. The van der Waals surface area contributed by atoms with Gasteiger partial charge in [-0.05, 0) is 5.56 Å². The van der Waals surface area contributed by atoms with E-state index in [4.69, 9.17) is 16.7 Å². The van der Waals surface area contributed by atoms with Gasteiger partial charge in [0.1, 0.15) is 0 Å². The molecule has 0 fully saturated rings. The molecule has 0 saturated carbocycles. The van der Waals surface area contributed by atoms with Crippen molar-refractivity contribution >= 4 is 33.5 Å². The summed E-state index contributed by atoms with van der Waals surface area (Å²) in [6, 6.07) is 0. The van der Waals surface area contributed by atoms with E-state index >= 15 is 0 Å². The van der Waals surface area contributed by atoms with E-state index in [0.29, 0.717) is 0 Å². The summed E-state index contributed by atoms with van der Waals surface area (Å²) in [4.78, 5) is 14.1. The van der Waals surface area contributed by atoms with E-state index in [9.17, 15) is 13.6 Å². The van der Waals surface area contributed by atoms with Gasteiger partial charge >= 0.3 is 5.97 Å². The third-order valence-corrected chi connectivity index (χ3v) is 2.92. The van der Waals surface area contributed by atoms with Crippen molar-refractivity contribution in [1.82, 2.24) is 4.98 Å². The molecule has 88 valence electrons. The Morgan fingerprint density at radius 2 is 2.25 bits per heavy atom. The molecule has 16 heavy (non-hydrogen) atoms. The number of halogens is 4. The number of carboxylic acid groups (broad SMARTS) is 1. The third kappa shape index (κ3) is 2.89. The van der Waals surface area contributed by atoms with Crippen LogP contribution >= 0.6 is 27.5 Å². The van der Waals surface area contributed by atoms with Crippen LogP contribution in [0.15, 0.2) is 6.20 Å². The van der Waals surface area contributed by atoms with Crippen LogP contribution < -0.4 is 0 Å². The van der Waals surface area contributed by atoms with E-state index in [0.717, 1.165) is 6.20 Å². The number of hydrogen-bond acceptors (Lipinski definition) is 2. The summed E-state index contributed by atoms with van der Waals surface area (Å²) in [6.45, 7) is 0. The zero-order valence-electron chi connectivity index (χ0n) is 7.88. The van der Waals surface area contributed by atoms with Gasteiger partial charge in [-0.25, -0.2) is 8.78 Å². The number of carboxylic acids is 1. The molecule has 7 heteroatoms. The number of rotatable bonds is 4. The lowest BCUT2D eigenvalue weighted by Gasteiger charge is -2.10. The number of nitrogens with zero attached hydrogens (tertiary/aromatic N) is 1. The maximum absolute atomic E-state index is 12.6. The first-order chi connectivity index (χ1) is 7.47. The molecule has 0 unspecified atom stereocenters. The molecule has 1 rings (SSSR count). The number of hydrogen-bond donors (Lipinski definition) is 1. The molecule has 0 radical (unpaired) electrons. The van der Waals surface area contributed by atoms with Crippen LogP contribution in [0.1, 0.15) is 23.2 Å². The zero-order valence-corrected chi connectivity index (χ0v) is 10.2. The van der Waals surface area contributed by atoms with Gasteiger partial charge in [-0.1, -0.05) is 27.5 Å². The smallest absolute Gasteiger partial charge is 0.309 e. The lowest BCUT2D eigenvalue weighted by molar-refractivity contribution is -0.136. The predicted octanol–water partition coefficient (Wildman–Crippen LogP) is 3.19.